The second-order valence-electron chi connectivity index (χ2n) is 8.95. The van der Waals surface area contributed by atoms with Crippen LogP contribution in [-0.2, 0) is 20.9 Å². The van der Waals surface area contributed by atoms with Crippen LogP contribution in [0.5, 0.6) is 11.5 Å². The zero-order valence-electron chi connectivity index (χ0n) is 21.9. The second-order valence-corrected chi connectivity index (χ2v) is 9.89. The van der Waals surface area contributed by atoms with Crippen molar-refractivity contribution in [3.05, 3.63) is 83.9 Å². The number of hydrogen-bond acceptors (Lipinski definition) is 8. The van der Waals surface area contributed by atoms with Crippen LogP contribution in [0.25, 0.3) is 0 Å². The Morgan fingerprint density at radius 2 is 1.60 bits per heavy atom. The van der Waals surface area contributed by atoms with Gasteiger partial charge in [0.1, 0.15) is 23.4 Å². The molecule has 0 aliphatic carbocycles. The molecular formula is C29H27N5O5S. The quantitative estimate of drug-likeness (QED) is 0.414. The van der Waals surface area contributed by atoms with Gasteiger partial charge in [0, 0.05) is 17.8 Å². The van der Waals surface area contributed by atoms with Gasteiger partial charge in [0.25, 0.3) is 5.91 Å². The lowest BCUT2D eigenvalue weighted by Crippen LogP contribution is -2.42. The highest BCUT2D eigenvalue weighted by Gasteiger charge is 2.42. The van der Waals surface area contributed by atoms with Crippen molar-refractivity contribution in [1.82, 2.24) is 10.2 Å². The SMILES string of the molecule is COc1ccc(CNC(=O)CC2N=C3c4ccccc4N=C(SCC(=O)Nc4ccc(OC)cc4)N3C2=O)cc1. The smallest absolute Gasteiger partial charge is 0.259 e. The molecule has 0 saturated heterocycles. The van der Waals surface area contributed by atoms with Crippen molar-refractivity contribution >= 4 is 51.9 Å². The number of hydrogen-bond donors (Lipinski definition) is 2. The summed E-state index contributed by atoms with van der Waals surface area (Å²) in [7, 11) is 3.17. The number of aliphatic imine (C=N–C) groups is 2. The van der Waals surface area contributed by atoms with Gasteiger partial charge < -0.3 is 20.1 Å². The third-order valence-electron chi connectivity index (χ3n) is 6.28. The number of methoxy groups -OCH3 is 2. The summed E-state index contributed by atoms with van der Waals surface area (Å²) in [6, 6.07) is 20.8. The van der Waals surface area contributed by atoms with Crippen molar-refractivity contribution in [2.24, 2.45) is 9.98 Å². The number of benzene rings is 3. The van der Waals surface area contributed by atoms with Crippen LogP contribution >= 0.6 is 11.8 Å². The number of ether oxygens (including phenoxy) is 2. The topological polar surface area (TPSA) is 122 Å². The molecule has 10 nitrogen and oxygen atoms in total. The number of nitrogens with zero attached hydrogens (tertiary/aromatic N) is 3. The van der Waals surface area contributed by atoms with Gasteiger partial charge in [0.15, 0.2) is 5.17 Å². The number of anilines is 1. The van der Waals surface area contributed by atoms with Crippen LogP contribution in [0.15, 0.2) is 82.8 Å². The predicted octanol–water partition coefficient (Wildman–Crippen LogP) is 3.74. The van der Waals surface area contributed by atoms with Gasteiger partial charge in [-0.25, -0.2) is 9.89 Å². The highest BCUT2D eigenvalue weighted by atomic mass is 32.2. The van der Waals surface area contributed by atoms with E-state index in [2.05, 4.69) is 20.6 Å². The van der Waals surface area contributed by atoms with Crippen LogP contribution in [0.4, 0.5) is 11.4 Å². The Morgan fingerprint density at radius 3 is 2.30 bits per heavy atom. The van der Waals surface area contributed by atoms with Gasteiger partial charge >= 0.3 is 0 Å². The molecule has 3 amide bonds. The summed E-state index contributed by atoms with van der Waals surface area (Å²) in [5, 5.41) is 6.02. The fourth-order valence-electron chi connectivity index (χ4n) is 4.23. The van der Waals surface area contributed by atoms with E-state index in [0.717, 1.165) is 23.1 Å². The van der Waals surface area contributed by atoms with Gasteiger partial charge in [-0.2, -0.15) is 0 Å². The molecule has 2 N–H and O–H groups in total. The first kappa shape index (κ1) is 26.9. The number of rotatable bonds is 9. The molecule has 2 aliphatic rings. The van der Waals surface area contributed by atoms with E-state index in [1.54, 1.807) is 38.5 Å². The monoisotopic (exact) mass is 557 g/mol. The zero-order chi connectivity index (χ0) is 28.1. The molecule has 0 bridgehead atoms. The third-order valence-corrected chi connectivity index (χ3v) is 7.22. The molecule has 2 aliphatic heterocycles. The molecule has 11 heteroatoms. The number of fused-ring (bicyclic) bond motifs is 3. The van der Waals surface area contributed by atoms with Crippen LogP contribution < -0.4 is 20.1 Å². The van der Waals surface area contributed by atoms with Crippen molar-refractivity contribution in [1.29, 1.82) is 0 Å². The number of para-hydroxylation sites is 1. The summed E-state index contributed by atoms with van der Waals surface area (Å²) in [5.74, 6) is 0.969. The van der Waals surface area contributed by atoms with Crippen LogP contribution in [0.2, 0.25) is 0 Å². The van der Waals surface area contributed by atoms with E-state index in [1.165, 1.54) is 4.90 Å². The Labute approximate surface area is 235 Å². The highest BCUT2D eigenvalue weighted by molar-refractivity contribution is 8.14. The Morgan fingerprint density at radius 1 is 0.925 bits per heavy atom. The number of carbonyl (C=O) groups excluding carboxylic acids is 3. The molecule has 1 unspecified atom stereocenters. The molecule has 0 aromatic heterocycles. The maximum absolute atomic E-state index is 13.4. The number of carbonyl (C=O) groups is 3. The van der Waals surface area contributed by atoms with Crippen LogP contribution in [0.3, 0.4) is 0 Å². The minimum atomic E-state index is -0.893. The van der Waals surface area contributed by atoms with Gasteiger partial charge in [-0.05, 0) is 54.1 Å². The molecule has 0 spiro atoms. The molecule has 3 aromatic carbocycles. The van der Waals surface area contributed by atoms with E-state index in [1.807, 2.05) is 48.5 Å². The molecule has 0 radical (unpaired) electrons. The van der Waals surface area contributed by atoms with Crippen molar-refractivity contribution in [3.63, 3.8) is 0 Å². The van der Waals surface area contributed by atoms with Gasteiger partial charge in [-0.3, -0.25) is 19.4 Å². The van der Waals surface area contributed by atoms with Crippen molar-refractivity contribution in [2.75, 3.05) is 25.3 Å². The predicted molar refractivity (Wildman–Crippen MR) is 154 cm³/mol. The normalized spacial score (nSPS) is 15.4. The Hall–Kier alpha value is -4.64. The van der Waals surface area contributed by atoms with Crippen molar-refractivity contribution in [2.45, 2.75) is 19.0 Å². The minimum absolute atomic E-state index is 0.0249. The fourth-order valence-corrected chi connectivity index (χ4v) is 5.03. The molecule has 204 valence electrons. The largest absolute Gasteiger partial charge is 0.497 e. The summed E-state index contributed by atoms with van der Waals surface area (Å²) >= 11 is 1.13. The molecule has 1 atom stereocenters. The second kappa shape index (κ2) is 12.0. The average Bonchev–Trinajstić information content (AvgIpc) is 3.31. The lowest BCUT2D eigenvalue weighted by Gasteiger charge is -2.25. The van der Waals surface area contributed by atoms with Crippen LogP contribution in [0, 0.1) is 0 Å². The molecule has 2 heterocycles. The summed E-state index contributed by atoms with van der Waals surface area (Å²) < 4.78 is 10.3. The van der Waals surface area contributed by atoms with E-state index < -0.39 is 6.04 Å². The maximum atomic E-state index is 13.4. The minimum Gasteiger partial charge on any atom is -0.497 e. The van der Waals surface area contributed by atoms with Gasteiger partial charge in [-0.1, -0.05) is 36.0 Å². The van der Waals surface area contributed by atoms with Crippen molar-refractivity contribution in [3.8, 4) is 11.5 Å². The van der Waals surface area contributed by atoms with Crippen LogP contribution in [0.1, 0.15) is 17.5 Å². The average molecular weight is 558 g/mol. The molecule has 0 saturated carbocycles. The van der Waals surface area contributed by atoms with E-state index >= 15 is 0 Å². The fraction of sp³-hybridized carbons (Fsp3) is 0.207. The third kappa shape index (κ3) is 5.99. The first-order valence-electron chi connectivity index (χ1n) is 12.5. The molecule has 5 rings (SSSR count). The van der Waals surface area contributed by atoms with Crippen molar-refractivity contribution < 1.29 is 23.9 Å². The summed E-state index contributed by atoms with van der Waals surface area (Å²) in [6.07, 6.45) is -0.104. The summed E-state index contributed by atoms with van der Waals surface area (Å²) in [5.41, 5.74) is 2.88. The lowest BCUT2D eigenvalue weighted by molar-refractivity contribution is -0.128. The van der Waals surface area contributed by atoms with E-state index in [0.29, 0.717) is 40.2 Å². The summed E-state index contributed by atoms with van der Waals surface area (Å²) in [4.78, 5) is 49.5. The summed E-state index contributed by atoms with van der Waals surface area (Å²) in [6.45, 7) is 0.318. The van der Waals surface area contributed by atoms with Crippen LogP contribution in [-0.4, -0.2) is 59.6 Å². The molecular weight excluding hydrogens is 530 g/mol. The number of amides is 3. The van der Waals surface area contributed by atoms with E-state index in [4.69, 9.17) is 9.47 Å². The first-order chi connectivity index (χ1) is 19.4. The van der Waals surface area contributed by atoms with E-state index in [9.17, 15) is 14.4 Å². The van der Waals surface area contributed by atoms with E-state index in [-0.39, 0.29) is 29.9 Å². The Bertz CT molecular complexity index is 1490. The maximum Gasteiger partial charge on any atom is 0.259 e. The molecule has 40 heavy (non-hydrogen) atoms. The first-order valence-corrected chi connectivity index (χ1v) is 13.5. The Balaban J connectivity index is 1.25. The molecule has 3 aromatic rings. The Kier molecular flexibility index (Phi) is 8.11. The standard InChI is InChI=1S/C29H27N5O5S/c1-38-20-11-7-18(8-12-20)16-30-25(35)15-24-28(37)34-27(32-24)22-5-3-4-6-23(22)33-29(34)40-17-26(36)31-19-9-13-21(39-2)14-10-19/h3-14,24H,15-17H2,1-2H3,(H,30,35)(H,31,36). The zero-order valence-corrected chi connectivity index (χ0v) is 22.7. The lowest BCUT2D eigenvalue weighted by atomic mass is 10.1. The number of nitrogens with one attached hydrogen (secondary N) is 2. The van der Waals surface area contributed by atoms with Gasteiger partial charge in [0.05, 0.1) is 32.1 Å². The number of amidine groups is 2. The van der Waals surface area contributed by atoms with Gasteiger partial charge in [-0.15, -0.1) is 0 Å². The molecule has 0 fully saturated rings. The van der Waals surface area contributed by atoms with Gasteiger partial charge in [0.2, 0.25) is 11.8 Å². The highest BCUT2D eigenvalue weighted by Crippen LogP contribution is 2.34. The number of thioether (sulfide) groups is 1.